The van der Waals surface area contributed by atoms with Gasteiger partial charge in [-0.2, -0.15) is 13.3 Å². The highest BCUT2D eigenvalue weighted by atomic mass is 32.2. The fourth-order valence-corrected chi connectivity index (χ4v) is 3.36. The Labute approximate surface area is 113 Å². The first kappa shape index (κ1) is 14.1. The number of hydrogen-bond donors (Lipinski definition) is 0. The molecule has 1 aliphatic rings. The first-order chi connectivity index (χ1) is 9.03. The lowest BCUT2D eigenvalue weighted by molar-refractivity contribution is 0.139. The van der Waals surface area contributed by atoms with Gasteiger partial charge in [0, 0.05) is 0 Å². The van der Waals surface area contributed by atoms with Crippen LogP contribution in [0.4, 0.5) is 0 Å². The topological polar surface area (TPSA) is 72.8 Å². The molecule has 0 spiro atoms. The summed E-state index contributed by atoms with van der Waals surface area (Å²) in [5, 5.41) is 2.98. The van der Waals surface area contributed by atoms with Crippen LogP contribution in [-0.4, -0.2) is 20.6 Å². The van der Waals surface area contributed by atoms with Crippen LogP contribution in [0.15, 0.2) is 34.3 Å². The lowest BCUT2D eigenvalue weighted by atomic mass is 9.93. The molecule has 5 nitrogen and oxygen atoms in total. The van der Waals surface area contributed by atoms with Gasteiger partial charge < -0.3 is 0 Å². The Morgan fingerprint density at radius 2 is 1.79 bits per heavy atom. The van der Waals surface area contributed by atoms with E-state index in [-0.39, 0.29) is 4.90 Å². The van der Waals surface area contributed by atoms with Crippen molar-refractivity contribution in [1.29, 1.82) is 0 Å². The number of aryl methyl sites for hydroxylation is 1. The van der Waals surface area contributed by atoms with Gasteiger partial charge >= 0.3 is 0 Å². The molecular weight excluding hydrogens is 266 g/mol. The van der Waals surface area contributed by atoms with Crippen LogP contribution in [0.5, 0.6) is 0 Å². The first-order valence-electron chi connectivity index (χ1n) is 6.35. The highest BCUT2D eigenvalue weighted by Crippen LogP contribution is 2.27. The third-order valence-corrected chi connectivity index (χ3v) is 4.71. The molecule has 1 aliphatic carbocycles. The Bertz CT molecular complexity index is 538. The summed E-state index contributed by atoms with van der Waals surface area (Å²) in [4.78, 5) is 10.8. The van der Waals surface area contributed by atoms with Crippen LogP contribution in [0, 0.1) is 11.8 Å². The SMILES string of the molecule is Cc1ccc(S(=O)(=O)O[C@H]2CCCC[C@@H]2N=O)cc1. The molecule has 0 unspecified atom stereocenters. The fourth-order valence-electron chi connectivity index (χ4n) is 2.23. The molecule has 0 N–H and O–H groups in total. The molecular formula is C13H17NO4S. The van der Waals surface area contributed by atoms with Crippen molar-refractivity contribution in [2.45, 2.75) is 49.6 Å². The van der Waals surface area contributed by atoms with E-state index < -0.39 is 22.3 Å². The van der Waals surface area contributed by atoms with E-state index in [0.717, 1.165) is 18.4 Å². The Hall–Kier alpha value is -1.27. The summed E-state index contributed by atoms with van der Waals surface area (Å²) in [6.45, 7) is 1.88. The van der Waals surface area contributed by atoms with Crippen LogP contribution in [0.1, 0.15) is 31.2 Å². The van der Waals surface area contributed by atoms with Gasteiger partial charge in [0.2, 0.25) is 0 Å². The predicted octanol–water partition coefficient (Wildman–Crippen LogP) is 2.78. The summed E-state index contributed by atoms with van der Waals surface area (Å²) in [7, 11) is -3.82. The van der Waals surface area contributed by atoms with Crippen molar-refractivity contribution in [3.63, 3.8) is 0 Å². The number of nitroso groups, excluding NO2 is 1. The minimum Gasteiger partial charge on any atom is -0.261 e. The minimum absolute atomic E-state index is 0.119. The summed E-state index contributed by atoms with van der Waals surface area (Å²) < 4.78 is 29.4. The normalized spacial score (nSPS) is 24.1. The summed E-state index contributed by atoms with van der Waals surface area (Å²) in [6, 6.07) is 5.89. The van der Waals surface area contributed by atoms with Crippen LogP contribution in [-0.2, 0) is 14.3 Å². The molecule has 6 heteroatoms. The molecule has 19 heavy (non-hydrogen) atoms. The number of rotatable bonds is 4. The molecule has 0 bridgehead atoms. The van der Waals surface area contributed by atoms with Gasteiger partial charge in [-0.05, 0) is 31.9 Å². The van der Waals surface area contributed by atoms with Gasteiger partial charge in [-0.25, -0.2) is 0 Å². The zero-order valence-corrected chi connectivity index (χ0v) is 11.6. The highest BCUT2D eigenvalue weighted by molar-refractivity contribution is 7.86. The van der Waals surface area contributed by atoms with Gasteiger partial charge in [0.15, 0.2) is 0 Å². The molecule has 1 aromatic rings. The van der Waals surface area contributed by atoms with E-state index in [9.17, 15) is 13.3 Å². The van der Waals surface area contributed by atoms with Crippen LogP contribution < -0.4 is 0 Å². The largest absolute Gasteiger partial charge is 0.297 e. The Morgan fingerprint density at radius 1 is 1.16 bits per heavy atom. The van der Waals surface area contributed by atoms with Crippen molar-refractivity contribution < 1.29 is 12.6 Å². The van der Waals surface area contributed by atoms with Crippen molar-refractivity contribution in [3.8, 4) is 0 Å². The monoisotopic (exact) mass is 283 g/mol. The molecule has 0 aliphatic heterocycles. The number of nitrogens with zero attached hydrogens (tertiary/aromatic N) is 1. The molecule has 0 radical (unpaired) electrons. The van der Waals surface area contributed by atoms with E-state index in [1.165, 1.54) is 12.1 Å². The molecule has 1 aromatic carbocycles. The lowest BCUT2D eigenvalue weighted by Gasteiger charge is -2.25. The lowest BCUT2D eigenvalue weighted by Crippen LogP contribution is -2.32. The maximum atomic E-state index is 12.1. The smallest absolute Gasteiger partial charge is 0.261 e. The van der Waals surface area contributed by atoms with Crippen LogP contribution in [0.3, 0.4) is 0 Å². The van der Waals surface area contributed by atoms with Crippen LogP contribution >= 0.6 is 0 Å². The molecule has 1 saturated carbocycles. The predicted molar refractivity (Wildman–Crippen MR) is 71.3 cm³/mol. The highest BCUT2D eigenvalue weighted by Gasteiger charge is 2.31. The molecule has 0 amide bonds. The van der Waals surface area contributed by atoms with Gasteiger partial charge in [0.1, 0.15) is 12.1 Å². The third-order valence-electron chi connectivity index (χ3n) is 3.36. The zero-order valence-electron chi connectivity index (χ0n) is 10.8. The van der Waals surface area contributed by atoms with E-state index in [2.05, 4.69) is 5.18 Å². The summed E-state index contributed by atoms with van der Waals surface area (Å²) >= 11 is 0. The van der Waals surface area contributed by atoms with Crippen molar-refractivity contribution in [3.05, 3.63) is 34.7 Å². The second-order valence-electron chi connectivity index (χ2n) is 4.86. The van der Waals surface area contributed by atoms with E-state index >= 15 is 0 Å². The maximum absolute atomic E-state index is 12.1. The standard InChI is InChI=1S/C13H17NO4S/c1-10-6-8-11(9-7-10)19(16,17)18-13-5-3-2-4-12(13)14-15/h6-9,12-13H,2-5H2,1H3/t12-,13-/m0/s1. The third kappa shape index (κ3) is 3.39. The van der Waals surface area contributed by atoms with Crippen molar-refractivity contribution >= 4 is 10.1 Å². The van der Waals surface area contributed by atoms with Gasteiger partial charge in [0.05, 0.1) is 4.90 Å². The summed E-state index contributed by atoms with van der Waals surface area (Å²) in [6.07, 6.45) is 2.28. The molecule has 0 heterocycles. The van der Waals surface area contributed by atoms with E-state index in [4.69, 9.17) is 4.18 Å². The van der Waals surface area contributed by atoms with Gasteiger partial charge in [-0.15, -0.1) is 0 Å². The quantitative estimate of drug-likeness (QED) is 0.629. The minimum atomic E-state index is -3.82. The van der Waals surface area contributed by atoms with Gasteiger partial charge in [0.25, 0.3) is 10.1 Å². The van der Waals surface area contributed by atoms with E-state index in [1.54, 1.807) is 12.1 Å². The van der Waals surface area contributed by atoms with E-state index in [0.29, 0.717) is 12.8 Å². The van der Waals surface area contributed by atoms with Crippen molar-refractivity contribution in [1.82, 2.24) is 0 Å². The Balaban J connectivity index is 2.16. The second-order valence-corrected chi connectivity index (χ2v) is 6.43. The molecule has 1 fully saturated rings. The van der Waals surface area contributed by atoms with Crippen molar-refractivity contribution in [2.24, 2.45) is 5.18 Å². The van der Waals surface area contributed by atoms with Crippen molar-refractivity contribution in [2.75, 3.05) is 0 Å². The number of hydrogen-bond acceptors (Lipinski definition) is 5. The van der Waals surface area contributed by atoms with Gasteiger partial charge in [-0.1, -0.05) is 35.7 Å². The average molecular weight is 283 g/mol. The van der Waals surface area contributed by atoms with Crippen LogP contribution in [0.25, 0.3) is 0 Å². The zero-order chi connectivity index (χ0) is 13.9. The average Bonchev–Trinajstić information content (AvgIpc) is 2.39. The molecule has 0 aromatic heterocycles. The molecule has 0 saturated heterocycles. The number of benzene rings is 1. The molecule has 2 rings (SSSR count). The van der Waals surface area contributed by atoms with E-state index in [1.807, 2.05) is 6.92 Å². The first-order valence-corrected chi connectivity index (χ1v) is 7.76. The Morgan fingerprint density at radius 3 is 2.42 bits per heavy atom. The second kappa shape index (κ2) is 5.79. The van der Waals surface area contributed by atoms with Gasteiger partial charge in [-0.3, -0.25) is 4.18 Å². The summed E-state index contributed by atoms with van der Waals surface area (Å²) in [5.41, 5.74) is 0.976. The Kier molecular flexibility index (Phi) is 4.31. The van der Waals surface area contributed by atoms with Crippen LogP contribution in [0.2, 0.25) is 0 Å². The summed E-state index contributed by atoms with van der Waals surface area (Å²) in [5.74, 6) is 0. The maximum Gasteiger partial charge on any atom is 0.297 e. The molecule has 104 valence electrons. The fraction of sp³-hybridized carbons (Fsp3) is 0.538. The molecule has 2 atom stereocenters.